The Hall–Kier alpha value is -4.54. The first-order valence-electron chi connectivity index (χ1n) is 13.6. The minimum absolute atomic E-state index is 0.00976. The summed E-state index contributed by atoms with van der Waals surface area (Å²) >= 11 is 0. The van der Waals surface area contributed by atoms with E-state index in [0.29, 0.717) is 30.0 Å². The van der Waals surface area contributed by atoms with Crippen LogP contribution in [0.15, 0.2) is 52.1 Å². The van der Waals surface area contributed by atoms with Crippen molar-refractivity contribution < 1.29 is 14.4 Å². The van der Waals surface area contributed by atoms with Crippen LogP contribution in [0.2, 0.25) is 0 Å². The van der Waals surface area contributed by atoms with Crippen LogP contribution in [0.5, 0.6) is 11.5 Å². The highest BCUT2D eigenvalue weighted by molar-refractivity contribution is 5.70. The molecule has 0 aliphatic carbocycles. The lowest BCUT2D eigenvalue weighted by molar-refractivity contribution is -0.404. The second-order valence-electron chi connectivity index (χ2n) is 10.5. The predicted molar refractivity (Wildman–Crippen MR) is 158 cm³/mol. The lowest BCUT2D eigenvalue weighted by Crippen LogP contribution is -2.44. The average molecular weight is 563 g/mol. The Bertz CT molecular complexity index is 1610. The van der Waals surface area contributed by atoms with Gasteiger partial charge in [-0.05, 0) is 69.9 Å². The van der Waals surface area contributed by atoms with Crippen molar-refractivity contribution in [2.24, 2.45) is 4.99 Å². The van der Waals surface area contributed by atoms with Gasteiger partial charge in [0.05, 0.1) is 30.5 Å². The number of rotatable bonds is 10. The van der Waals surface area contributed by atoms with E-state index >= 15 is 0 Å². The number of aromatic nitrogens is 2. The Morgan fingerprint density at radius 3 is 2.37 bits per heavy atom. The van der Waals surface area contributed by atoms with Crippen molar-refractivity contribution >= 4 is 5.69 Å². The molecule has 0 amide bonds. The second kappa shape index (κ2) is 12.3. The maximum Gasteiger partial charge on any atom is 0.330 e. The van der Waals surface area contributed by atoms with Gasteiger partial charge in [-0.1, -0.05) is 17.7 Å². The topological polar surface area (TPSA) is 125 Å². The van der Waals surface area contributed by atoms with E-state index in [0.717, 1.165) is 45.4 Å². The van der Waals surface area contributed by atoms with E-state index in [2.05, 4.69) is 22.8 Å². The van der Waals surface area contributed by atoms with Crippen molar-refractivity contribution in [2.75, 3.05) is 20.8 Å². The molecule has 0 saturated carbocycles. The highest BCUT2D eigenvalue weighted by Gasteiger charge is 2.22. The van der Waals surface area contributed by atoms with Gasteiger partial charge in [-0.3, -0.25) is 19.2 Å². The number of ether oxygens (including phenoxy) is 2. The van der Waals surface area contributed by atoms with E-state index in [1.165, 1.54) is 0 Å². The van der Waals surface area contributed by atoms with Crippen LogP contribution in [-0.4, -0.2) is 40.9 Å². The molecule has 0 fully saturated rings. The molecule has 0 spiro atoms. The smallest absolute Gasteiger partial charge is 0.330 e. The van der Waals surface area contributed by atoms with Crippen LogP contribution in [0.3, 0.4) is 0 Å². The summed E-state index contributed by atoms with van der Waals surface area (Å²) in [5.74, 6) is 1.51. The van der Waals surface area contributed by atoms with Crippen LogP contribution in [0.25, 0.3) is 11.3 Å². The minimum Gasteiger partial charge on any atom is -0.493 e. The normalized spacial score (nSPS) is 13.1. The number of aryl methyl sites for hydroxylation is 4. The number of benzene rings is 2. The molecule has 3 aromatic rings. The maximum atomic E-state index is 14.0. The third-order valence-electron chi connectivity index (χ3n) is 6.98. The van der Waals surface area contributed by atoms with Gasteiger partial charge in [-0.2, -0.15) is 0 Å². The fourth-order valence-electron chi connectivity index (χ4n) is 5.28. The summed E-state index contributed by atoms with van der Waals surface area (Å²) in [7, 11) is 3.19. The lowest BCUT2D eigenvalue weighted by atomic mass is 9.97. The van der Waals surface area contributed by atoms with Crippen molar-refractivity contribution in [1.82, 2.24) is 19.8 Å². The number of nitrogens with zero attached hydrogens (tertiary/aromatic N) is 4. The van der Waals surface area contributed by atoms with E-state index in [-0.39, 0.29) is 30.6 Å². The first kappa shape index (κ1) is 29.4. The highest BCUT2D eigenvalue weighted by Crippen LogP contribution is 2.37. The van der Waals surface area contributed by atoms with E-state index in [1.807, 2.05) is 52.8 Å². The molecule has 11 nitrogen and oxygen atoms in total. The minimum atomic E-state index is -0.511. The van der Waals surface area contributed by atoms with Crippen LogP contribution in [0.4, 0.5) is 5.69 Å². The predicted octanol–water partition coefficient (Wildman–Crippen LogP) is 3.71. The molecule has 11 heteroatoms. The van der Waals surface area contributed by atoms with Gasteiger partial charge in [-0.25, -0.2) is 9.79 Å². The zero-order valence-electron chi connectivity index (χ0n) is 24.7. The third kappa shape index (κ3) is 6.45. The number of nitrogens with one attached hydrogen (secondary N) is 2. The lowest BCUT2D eigenvalue weighted by Gasteiger charge is -2.25. The van der Waals surface area contributed by atoms with Crippen molar-refractivity contribution in [3.05, 3.63) is 90.7 Å². The summed E-state index contributed by atoms with van der Waals surface area (Å²) in [5, 5.41) is 17.2. The summed E-state index contributed by atoms with van der Waals surface area (Å²) in [6.45, 7) is 10.9. The Kier molecular flexibility index (Phi) is 8.85. The van der Waals surface area contributed by atoms with Gasteiger partial charge in [0.2, 0.25) is 0 Å². The zero-order valence-corrected chi connectivity index (χ0v) is 24.7. The van der Waals surface area contributed by atoms with Crippen LogP contribution < -0.4 is 31.3 Å². The van der Waals surface area contributed by atoms with Crippen molar-refractivity contribution in [3.8, 4) is 22.8 Å². The number of methoxy groups -OCH3 is 2. The molecule has 218 valence electrons. The Morgan fingerprint density at radius 2 is 1.76 bits per heavy atom. The molecule has 2 aromatic carbocycles. The molecule has 2 N–H and O–H groups in total. The van der Waals surface area contributed by atoms with E-state index in [9.17, 15) is 14.9 Å². The molecule has 4 rings (SSSR count). The molecular weight excluding hydrogens is 524 g/mol. The maximum absolute atomic E-state index is 14.0. The quantitative estimate of drug-likeness (QED) is 0.285. The van der Waals surface area contributed by atoms with E-state index < -0.39 is 4.92 Å². The zero-order chi connectivity index (χ0) is 29.8. The van der Waals surface area contributed by atoms with Crippen LogP contribution in [0.1, 0.15) is 36.1 Å². The Balaban J connectivity index is 1.88. The molecule has 0 atom stereocenters. The molecule has 0 saturated heterocycles. The van der Waals surface area contributed by atoms with Gasteiger partial charge in [0, 0.05) is 37.3 Å². The van der Waals surface area contributed by atoms with Crippen molar-refractivity contribution in [3.63, 3.8) is 0 Å². The number of hydrogen-bond donors (Lipinski definition) is 2. The van der Waals surface area contributed by atoms with Gasteiger partial charge in [0.15, 0.2) is 17.3 Å². The number of nitro groups is 1. The van der Waals surface area contributed by atoms with Crippen LogP contribution in [-0.2, 0) is 19.5 Å². The van der Waals surface area contributed by atoms with Gasteiger partial charge < -0.3 is 20.1 Å². The van der Waals surface area contributed by atoms with Gasteiger partial charge in [0.25, 0.3) is 6.20 Å². The molecule has 0 unspecified atom stereocenters. The van der Waals surface area contributed by atoms with E-state index in [4.69, 9.17) is 14.5 Å². The second-order valence-corrected chi connectivity index (χ2v) is 10.5. The Morgan fingerprint density at radius 1 is 1.10 bits per heavy atom. The standard InChI is InChI=1S/C30H38N6O5/c1-18(2)32-27(17-36(38)39)31-9-11-35-28(33-29-20(4)12-19(3)13-21(29)5)16-24-23-15-26(41-7)25(40-6)14-22(23)8-10-34(24)30(35)37/h12-18,31-32H,8-11H2,1-7H3/b27-17-,33-28?. The summed E-state index contributed by atoms with van der Waals surface area (Å²) in [6, 6.07) is 9.93. The number of fused-ring (bicyclic) bond motifs is 3. The summed E-state index contributed by atoms with van der Waals surface area (Å²) in [6.07, 6.45) is 1.55. The monoisotopic (exact) mass is 562 g/mol. The van der Waals surface area contributed by atoms with Gasteiger partial charge in [-0.15, -0.1) is 0 Å². The van der Waals surface area contributed by atoms with Crippen molar-refractivity contribution in [1.29, 1.82) is 0 Å². The van der Waals surface area contributed by atoms with Gasteiger partial charge in [0.1, 0.15) is 5.49 Å². The molecule has 1 aliphatic heterocycles. The summed E-state index contributed by atoms with van der Waals surface area (Å²) in [4.78, 5) is 29.7. The van der Waals surface area contributed by atoms with E-state index in [1.54, 1.807) is 23.4 Å². The van der Waals surface area contributed by atoms with Crippen LogP contribution in [0, 0.1) is 30.9 Å². The molecule has 1 aliphatic rings. The largest absolute Gasteiger partial charge is 0.493 e. The molecular formula is C30H38N6O5. The fourth-order valence-corrected chi connectivity index (χ4v) is 5.28. The molecule has 2 heterocycles. The summed E-state index contributed by atoms with van der Waals surface area (Å²) in [5.41, 5.74) is 6.95. The van der Waals surface area contributed by atoms with Crippen LogP contribution >= 0.6 is 0 Å². The first-order valence-corrected chi connectivity index (χ1v) is 13.6. The fraction of sp³-hybridized carbons (Fsp3) is 0.400. The summed E-state index contributed by atoms with van der Waals surface area (Å²) < 4.78 is 14.4. The highest BCUT2D eigenvalue weighted by atomic mass is 16.6. The average Bonchev–Trinajstić information content (AvgIpc) is 2.90. The molecule has 0 radical (unpaired) electrons. The molecule has 41 heavy (non-hydrogen) atoms. The van der Waals surface area contributed by atoms with Gasteiger partial charge >= 0.3 is 5.69 Å². The first-order chi connectivity index (χ1) is 19.5. The Labute approximate surface area is 239 Å². The van der Waals surface area contributed by atoms with Crippen molar-refractivity contribution in [2.45, 2.75) is 60.2 Å². The number of hydrogen-bond acceptors (Lipinski definition) is 8. The molecule has 1 aromatic heterocycles. The SMILES string of the molecule is COc1cc2c(cc1OC)-c1cc(=Nc3c(C)cc(C)cc3C)n(CCN/C(=C/[N+](=O)[O-])NC(C)C)c(=O)n1CC2. The third-order valence-corrected chi connectivity index (χ3v) is 6.98. The molecule has 0 bridgehead atoms.